The van der Waals surface area contributed by atoms with Crippen LogP contribution >= 0.6 is 0 Å². The molecule has 1 aromatic carbocycles. The first kappa shape index (κ1) is 21.6. The molecule has 1 amide bonds. The van der Waals surface area contributed by atoms with E-state index in [2.05, 4.69) is 0 Å². The monoisotopic (exact) mass is 377 g/mol. The highest BCUT2D eigenvalue weighted by molar-refractivity contribution is 6.62. The number of benzene rings is 1. The molecule has 0 bridgehead atoms. The maximum absolute atomic E-state index is 11.6. The fourth-order valence-electron chi connectivity index (χ4n) is 3.16. The number of amides is 1. The van der Waals surface area contributed by atoms with E-state index in [1.165, 1.54) is 4.90 Å². The van der Waals surface area contributed by atoms with Gasteiger partial charge in [-0.3, -0.25) is 4.90 Å². The first-order valence-electron chi connectivity index (χ1n) is 9.35. The average Bonchev–Trinajstić information content (AvgIpc) is 2.72. The largest absolute Gasteiger partial charge is 0.494 e. The van der Waals surface area contributed by atoms with Gasteiger partial charge in [-0.2, -0.15) is 0 Å². The summed E-state index contributed by atoms with van der Waals surface area (Å²) >= 11 is 0. The highest BCUT2D eigenvalue weighted by Crippen LogP contribution is 2.36. The second-order valence-corrected chi connectivity index (χ2v) is 9.14. The van der Waals surface area contributed by atoms with Gasteiger partial charge in [0, 0.05) is 5.54 Å². The second kappa shape index (κ2) is 7.36. The minimum atomic E-state index is -0.954. The van der Waals surface area contributed by atoms with Gasteiger partial charge in [0.1, 0.15) is 12.4 Å². The number of rotatable bonds is 5. The van der Waals surface area contributed by atoms with Gasteiger partial charge in [-0.1, -0.05) is 12.1 Å². The summed E-state index contributed by atoms with van der Waals surface area (Å²) in [7, 11) is -0.457. The topological polar surface area (TPSA) is 68.2 Å². The molecule has 1 N–H and O–H groups in total. The number of nitrogens with zero attached hydrogens (tertiary/aromatic N) is 1. The lowest BCUT2D eigenvalue weighted by Crippen LogP contribution is -2.52. The zero-order chi connectivity index (χ0) is 20.6. The standard InChI is InChI=1S/C20H32BNO5/c1-14(22(17(23)24)18(2,3)4)13-25-16-11-9-10-15(12-16)21-26-19(5,6)20(7,8)27-21/h9-12,14H,13H2,1-8H3,(H,23,24)/t14-/m0/s1. The van der Waals surface area contributed by atoms with Crippen LogP contribution in [0.15, 0.2) is 24.3 Å². The number of ether oxygens (including phenoxy) is 1. The SMILES string of the molecule is C[C@@H](COc1cccc(B2OC(C)(C)C(C)(C)O2)c1)N(C(=O)O)C(C)(C)C. The summed E-state index contributed by atoms with van der Waals surface area (Å²) in [6.45, 7) is 15.8. The zero-order valence-electron chi connectivity index (χ0n) is 17.7. The van der Waals surface area contributed by atoms with Crippen molar-refractivity contribution in [2.45, 2.75) is 78.2 Å². The van der Waals surface area contributed by atoms with Gasteiger partial charge in [-0.05, 0) is 73.0 Å². The third-order valence-corrected chi connectivity index (χ3v) is 5.24. The number of carboxylic acid groups (broad SMARTS) is 1. The Hall–Kier alpha value is -1.73. The zero-order valence-corrected chi connectivity index (χ0v) is 17.7. The summed E-state index contributed by atoms with van der Waals surface area (Å²) in [4.78, 5) is 13.0. The summed E-state index contributed by atoms with van der Waals surface area (Å²) in [6.07, 6.45) is -0.954. The van der Waals surface area contributed by atoms with Gasteiger partial charge in [0.15, 0.2) is 0 Å². The average molecular weight is 377 g/mol. The van der Waals surface area contributed by atoms with Gasteiger partial charge in [0.25, 0.3) is 0 Å². The highest BCUT2D eigenvalue weighted by atomic mass is 16.7. The van der Waals surface area contributed by atoms with Gasteiger partial charge < -0.3 is 19.2 Å². The van der Waals surface area contributed by atoms with Crippen molar-refractivity contribution in [1.82, 2.24) is 4.90 Å². The smallest absolute Gasteiger partial charge is 0.491 e. The Bertz CT molecular complexity index is 667. The molecule has 7 heteroatoms. The van der Waals surface area contributed by atoms with Crippen molar-refractivity contribution in [1.29, 1.82) is 0 Å². The molecule has 1 aromatic rings. The Morgan fingerprint density at radius 1 is 1.22 bits per heavy atom. The molecule has 0 spiro atoms. The summed E-state index contributed by atoms with van der Waals surface area (Å²) in [6, 6.07) is 7.28. The molecular formula is C20H32BNO5. The quantitative estimate of drug-likeness (QED) is 0.795. The molecular weight excluding hydrogens is 345 g/mol. The van der Waals surface area contributed by atoms with E-state index in [4.69, 9.17) is 14.0 Å². The van der Waals surface area contributed by atoms with Crippen LogP contribution in [-0.4, -0.2) is 52.6 Å². The molecule has 1 atom stereocenters. The van der Waals surface area contributed by atoms with Gasteiger partial charge in [0.2, 0.25) is 0 Å². The van der Waals surface area contributed by atoms with Gasteiger partial charge in [-0.15, -0.1) is 0 Å². The van der Waals surface area contributed by atoms with Crippen LogP contribution in [0.3, 0.4) is 0 Å². The first-order chi connectivity index (χ1) is 12.2. The highest BCUT2D eigenvalue weighted by Gasteiger charge is 2.51. The molecule has 150 valence electrons. The normalized spacial score (nSPS) is 19.6. The molecule has 0 aliphatic carbocycles. The second-order valence-electron chi connectivity index (χ2n) is 9.14. The van der Waals surface area contributed by atoms with Crippen molar-refractivity contribution in [3.63, 3.8) is 0 Å². The maximum Gasteiger partial charge on any atom is 0.494 e. The summed E-state index contributed by atoms with van der Waals surface area (Å²) in [5, 5.41) is 9.50. The molecule has 0 radical (unpaired) electrons. The van der Waals surface area contributed by atoms with Crippen LogP contribution in [0.25, 0.3) is 0 Å². The van der Waals surface area contributed by atoms with Crippen LogP contribution in [0.2, 0.25) is 0 Å². The molecule has 6 nitrogen and oxygen atoms in total. The molecule has 1 heterocycles. The first-order valence-corrected chi connectivity index (χ1v) is 9.35. The Kier molecular flexibility index (Phi) is 5.88. The summed E-state index contributed by atoms with van der Waals surface area (Å²) in [5.74, 6) is 0.660. The molecule has 2 rings (SSSR count). The third-order valence-electron chi connectivity index (χ3n) is 5.24. The van der Waals surface area contributed by atoms with E-state index in [9.17, 15) is 9.90 Å². The Balaban J connectivity index is 2.08. The lowest BCUT2D eigenvalue weighted by atomic mass is 9.79. The van der Waals surface area contributed by atoms with Crippen LogP contribution in [0.4, 0.5) is 4.79 Å². The molecule has 0 aromatic heterocycles. The van der Waals surface area contributed by atoms with Gasteiger partial charge >= 0.3 is 13.2 Å². The lowest BCUT2D eigenvalue weighted by molar-refractivity contribution is 0.00578. The van der Waals surface area contributed by atoms with Crippen molar-refractivity contribution >= 4 is 18.7 Å². The van der Waals surface area contributed by atoms with Crippen molar-refractivity contribution in [3.05, 3.63) is 24.3 Å². The molecule has 1 saturated heterocycles. The third kappa shape index (κ3) is 4.77. The minimum Gasteiger partial charge on any atom is -0.491 e. The van der Waals surface area contributed by atoms with Crippen LogP contribution in [0.1, 0.15) is 55.4 Å². The lowest BCUT2D eigenvalue weighted by Gasteiger charge is -2.37. The summed E-state index contributed by atoms with van der Waals surface area (Å²) in [5.41, 5.74) is -0.432. The van der Waals surface area contributed by atoms with Crippen molar-refractivity contribution < 1.29 is 23.9 Å². The van der Waals surface area contributed by atoms with E-state index in [1.54, 1.807) is 0 Å². The van der Waals surface area contributed by atoms with E-state index in [-0.39, 0.29) is 12.6 Å². The van der Waals surface area contributed by atoms with Crippen molar-refractivity contribution in [2.24, 2.45) is 0 Å². The van der Waals surface area contributed by atoms with Crippen LogP contribution < -0.4 is 10.2 Å². The summed E-state index contributed by atoms with van der Waals surface area (Å²) < 4.78 is 18.0. The maximum atomic E-state index is 11.6. The van der Waals surface area contributed by atoms with E-state index >= 15 is 0 Å². The van der Waals surface area contributed by atoms with Crippen LogP contribution in [0.5, 0.6) is 5.75 Å². The number of hydrogen-bond donors (Lipinski definition) is 1. The molecule has 0 unspecified atom stereocenters. The van der Waals surface area contributed by atoms with Crippen LogP contribution in [0, 0.1) is 0 Å². The fourth-order valence-corrected chi connectivity index (χ4v) is 3.16. The van der Waals surface area contributed by atoms with E-state index in [0.717, 1.165) is 5.46 Å². The Morgan fingerprint density at radius 3 is 2.26 bits per heavy atom. The molecule has 1 fully saturated rings. The van der Waals surface area contributed by atoms with Gasteiger partial charge in [-0.25, -0.2) is 4.79 Å². The van der Waals surface area contributed by atoms with Crippen LogP contribution in [-0.2, 0) is 9.31 Å². The van der Waals surface area contributed by atoms with Crippen molar-refractivity contribution in [2.75, 3.05) is 6.61 Å². The number of carbonyl (C=O) groups is 1. The predicted octanol–water partition coefficient (Wildman–Crippen LogP) is 3.53. The van der Waals surface area contributed by atoms with E-state index < -0.39 is 30.0 Å². The van der Waals surface area contributed by atoms with E-state index in [1.807, 2.05) is 79.7 Å². The van der Waals surface area contributed by atoms with E-state index in [0.29, 0.717) is 5.75 Å². The predicted molar refractivity (Wildman–Crippen MR) is 107 cm³/mol. The van der Waals surface area contributed by atoms with Crippen molar-refractivity contribution in [3.8, 4) is 5.75 Å². The Labute approximate surface area is 162 Å². The molecule has 0 saturated carbocycles. The molecule has 27 heavy (non-hydrogen) atoms. The number of hydrogen-bond acceptors (Lipinski definition) is 4. The molecule has 1 aliphatic heterocycles. The minimum absolute atomic E-state index is 0.260. The van der Waals surface area contributed by atoms with Gasteiger partial charge in [0.05, 0.1) is 17.2 Å². The molecule has 1 aliphatic rings. The fraction of sp³-hybridized carbons (Fsp3) is 0.650. The Morgan fingerprint density at radius 2 is 1.78 bits per heavy atom.